The molecule has 6 nitrogen and oxygen atoms in total. The second-order valence-electron chi connectivity index (χ2n) is 6.54. The van der Waals surface area contributed by atoms with Crippen molar-refractivity contribution >= 4 is 39.8 Å². The largest absolute Gasteiger partial charge is 0.356 e. The molecule has 0 fully saturated rings. The summed E-state index contributed by atoms with van der Waals surface area (Å²) in [5.74, 6) is 1.67. The summed E-state index contributed by atoms with van der Waals surface area (Å²) in [5, 5.41) is 10.0. The molecule has 0 aliphatic carbocycles. The zero-order valence-corrected chi connectivity index (χ0v) is 17.1. The van der Waals surface area contributed by atoms with E-state index in [1.165, 1.54) is 0 Å². The van der Waals surface area contributed by atoms with Gasteiger partial charge in [-0.15, -0.1) is 11.3 Å². The van der Waals surface area contributed by atoms with Crippen LogP contribution in [-0.2, 0) is 6.54 Å². The van der Waals surface area contributed by atoms with Crippen LogP contribution in [0.4, 0.5) is 10.9 Å². The van der Waals surface area contributed by atoms with Crippen molar-refractivity contribution in [2.45, 2.75) is 13.0 Å². The van der Waals surface area contributed by atoms with E-state index in [9.17, 15) is 0 Å². The molecule has 0 saturated heterocycles. The van der Waals surface area contributed by atoms with Crippen LogP contribution in [0.5, 0.6) is 0 Å². The van der Waals surface area contributed by atoms with Crippen molar-refractivity contribution < 1.29 is 0 Å². The minimum atomic E-state index is 0.729. The number of benzene rings is 1. The summed E-state index contributed by atoms with van der Waals surface area (Å²) >= 11 is 7.64. The molecule has 0 unspecified atom stereocenters. The van der Waals surface area contributed by atoms with Crippen molar-refractivity contribution in [3.8, 4) is 11.4 Å². The van der Waals surface area contributed by atoms with Crippen molar-refractivity contribution in [2.24, 2.45) is 4.99 Å². The Morgan fingerprint density at radius 3 is 2.89 bits per heavy atom. The second kappa shape index (κ2) is 8.58. The van der Waals surface area contributed by atoms with Gasteiger partial charge in [0, 0.05) is 37.1 Å². The Labute approximate surface area is 173 Å². The molecule has 0 saturated carbocycles. The molecule has 0 radical (unpaired) electrons. The van der Waals surface area contributed by atoms with E-state index in [0.717, 1.165) is 64.9 Å². The van der Waals surface area contributed by atoms with Gasteiger partial charge in [0.2, 0.25) is 0 Å². The zero-order chi connectivity index (χ0) is 19.3. The third-order valence-corrected chi connectivity index (χ3v) is 5.32. The number of hydrogen-bond donors (Lipinski definition) is 2. The minimum Gasteiger partial charge on any atom is -0.356 e. The highest BCUT2D eigenvalue weighted by Gasteiger charge is 2.11. The summed E-state index contributed by atoms with van der Waals surface area (Å²) in [6.07, 6.45) is 1.06. The van der Waals surface area contributed by atoms with Gasteiger partial charge in [-0.25, -0.2) is 9.97 Å². The van der Waals surface area contributed by atoms with E-state index < -0.39 is 0 Å². The summed E-state index contributed by atoms with van der Waals surface area (Å²) < 4.78 is 0. The number of pyridine rings is 1. The maximum atomic E-state index is 6.09. The first kappa shape index (κ1) is 18.7. The van der Waals surface area contributed by atoms with Gasteiger partial charge >= 0.3 is 0 Å². The van der Waals surface area contributed by atoms with Gasteiger partial charge in [0.1, 0.15) is 11.5 Å². The Hall–Kier alpha value is -2.64. The number of thiazole rings is 1. The predicted octanol–water partition coefficient (Wildman–Crippen LogP) is 4.26. The Kier molecular flexibility index (Phi) is 5.73. The van der Waals surface area contributed by atoms with Gasteiger partial charge in [-0.3, -0.25) is 4.99 Å². The van der Waals surface area contributed by atoms with Crippen molar-refractivity contribution in [3.05, 3.63) is 58.4 Å². The van der Waals surface area contributed by atoms with Gasteiger partial charge in [-0.1, -0.05) is 29.8 Å². The fourth-order valence-electron chi connectivity index (χ4n) is 2.94. The van der Waals surface area contributed by atoms with E-state index in [2.05, 4.69) is 31.6 Å². The van der Waals surface area contributed by atoms with Crippen LogP contribution < -0.4 is 15.5 Å². The summed E-state index contributed by atoms with van der Waals surface area (Å²) in [7, 11) is 2.02. The van der Waals surface area contributed by atoms with Crippen molar-refractivity contribution in [1.82, 2.24) is 15.3 Å². The standard InChI is InChI=1S/C20H21ClN6S/c1-27(12-14-5-2-6-15(21)11-14)18-8-3-7-16(24-18)17-13-28-20(25-17)26-19-22-9-4-10-23-19/h2-3,5-8,11,13H,4,9-10,12H2,1H3,(H2,22,23,25,26). The summed E-state index contributed by atoms with van der Waals surface area (Å²) in [6.45, 7) is 2.51. The quantitative estimate of drug-likeness (QED) is 0.655. The molecule has 8 heteroatoms. The maximum absolute atomic E-state index is 6.09. The lowest BCUT2D eigenvalue weighted by atomic mass is 10.2. The number of nitrogens with one attached hydrogen (secondary N) is 2. The predicted molar refractivity (Wildman–Crippen MR) is 117 cm³/mol. The highest BCUT2D eigenvalue weighted by molar-refractivity contribution is 7.14. The second-order valence-corrected chi connectivity index (χ2v) is 7.84. The lowest BCUT2D eigenvalue weighted by Crippen LogP contribution is -2.35. The van der Waals surface area contributed by atoms with E-state index in [4.69, 9.17) is 16.6 Å². The molecule has 0 spiro atoms. The number of aliphatic imine (C=N–C) groups is 1. The fourth-order valence-corrected chi connectivity index (χ4v) is 3.85. The van der Waals surface area contributed by atoms with Crippen LogP contribution in [0.3, 0.4) is 0 Å². The molecular weight excluding hydrogens is 392 g/mol. The van der Waals surface area contributed by atoms with Gasteiger partial charge in [0.25, 0.3) is 0 Å². The van der Waals surface area contributed by atoms with E-state index in [0.29, 0.717) is 0 Å². The summed E-state index contributed by atoms with van der Waals surface area (Å²) in [6, 6.07) is 13.9. The first-order chi connectivity index (χ1) is 13.7. The first-order valence-electron chi connectivity index (χ1n) is 9.11. The van der Waals surface area contributed by atoms with Crippen LogP contribution in [0.15, 0.2) is 52.8 Å². The van der Waals surface area contributed by atoms with Crippen LogP contribution in [0.25, 0.3) is 11.4 Å². The van der Waals surface area contributed by atoms with E-state index in [1.54, 1.807) is 11.3 Å². The monoisotopic (exact) mass is 412 g/mol. The molecule has 4 rings (SSSR count). The smallest absolute Gasteiger partial charge is 0.197 e. The molecule has 1 aromatic carbocycles. The molecular formula is C20H21ClN6S. The van der Waals surface area contributed by atoms with Gasteiger partial charge in [0.05, 0.1) is 5.69 Å². The number of guanidine groups is 1. The number of rotatable bonds is 5. The molecule has 2 N–H and O–H groups in total. The third kappa shape index (κ3) is 4.61. The van der Waals surface area contributed by atoms with E-state index >= 15 is 0 Å². The highest BCUT2D eigenvalue weighted by Crippen LogP contribution is 2.25. The Morgan fingerprint density at radius 1 is 1.18 bits per heavy atom. The van der Waals surface area contributed by atoms with Crippen LogP contribution in [0, 0.1) is 0 Å². The lowest BCUT2D eigenvalue weighted by molar-refractivity contribution is 0.740. The lowest BCUT2D eigenvalue weighted by Gasteiger charge is -2.19. The average Bonchev–Trinajstić information content (AvgIpc) is 3.17. The Bertz CT molecular complexity index is 986. The normalized spacial score (nSPS) is 13.6. The average molecular weight is 413 g/mol. The number of nitrogens with zero attached hydrogens (tertiary/aromatic N) is 4. The van der Waals surface area contributed by atoms with Crippen LogP contribution >= 0.6 is 22.9 Å². The molecule has 1 aliphatic rings. The van der Waals surface area contributed by atoms with Gasteiger partial charge in [-0.2, -0.15) is 0 Å². The van der Waals surface area contributed by atoms with E-state index in [-0.39, 0.29) is 0 Å². The molecule has 1 aliphatic heterocycles. The molecule has 0 amide bonds. The maximum Gasteiger partial charge on any atom is 0.197 e. The van der Waals surface area contributed by atoms with Crippen LogP contribution in [-0.4, -0.2) is 36.1 Å². The Morgan fingerprint density at radius 2 is 2.07 bits per heavy atom. The van der Waals surface area contributed by atoms with Crippen molar-refractivity contribution in [1.29, 1.82) is 0 Å². The molecule has 0 atom stereocenters. The minimum absolute atomic E-state index is 0.729. The van der Waals surface area contributed by atoms with Crippen molar-refractivity contribution in [3.63, 3.8) is 0 Å². The fraction of sp³-hybridized carbons (Fsp3) is 0.250. The van der Waals surface area contributed by atoms with Gasteiger partial charge in [0.15, 0.2) is 11.1 Å². The van der Waals surface area contributed by atoms with Gasteiger partial charge < -0.3 is 15.5 Å². The highest BCUT2D eigenvalue weighted by atomic mass is 35.5. The Balaban J connectivity index is 1.48. The molecule has 0 bridgehead atoms. The topological polar surface area (TPSA) is 65.4 Å². The van der Waals surface area contributed by atoms with Crippen LogP contribution in [0.1, 0.15) is 12.0 Å². The molecule has 2 aromatic heterocycles. The SMILES string of the molecule is CN(Cc1cccc(Cl)c1)c1cccc(-c2csc(NC3=NCCCN3)n2)n1. The van der Waals surface area contributed by atoms with E-state index in [1.807, 2.05) is 48.8 Å². The molecule has 3 heterocycles. The summed E-state index contributed by atoms with van der Waals surface area (Å²) in [4.78, 5) is 16.0. The number of halogens is 1. The van der Waals surface area contributed by atoms with Gasteiger partial charge in [-0.05, 0) is 36.2 Å². The first-order valence-corrected chi connectivity index (χ1v) is 10.4. The molecule has 28 heavy (non-hydrogen) atoms. The number of hydrogen-bond acceptors (Lipinski definition) is 7. The number of aromatic nitrogens is 2. The number of anilines is 2. The van der Waals surface area contributed by atoms with Crippen LogP contribution in [0.2, 0.25) is 5.02 Å². The summed E-state index contributed by atoms with van der Waals surface area (Å²) in [5.41, 5.74) is 2.84. The zero-order valence-electron chi connectivity index (χ0n) is 15.5. The molecule has 144 valence electrons. The molecule has 3 aromatic rings. The third-order valence-electron chi connectivity index (χ3n) is 4.32. The van der Waals surface area contributed by atoms with Crippen molar-refractivity contribution in [2.75, 3.05) is 30.4 Å².